The molecule has 2 atom stereocenters. The van der Waals surface area contributed by atoms with Crippen molar-refractivity contribution in [2.75, 3.05) is 19.3 Å². The molecule has 1 fully saturated rings. The van der Waals surface area contributed by atoms with Gasteiger partial charge in [0, 0.05) is 19.3 Å². The molecule has 1 saturated heterocycles. The molecule has 0 aliphatic carbocycles. The second kappa shape index (κ2) is 13.1. The van der Waals surface area contributed by atoms with Gasteiger partial charge < -0.3 is 9.80 Å². The molecule has 3 amide bonds. The van der Waals surface area contributed by atoms with E-state index in [4.69, 9.17) is 4.99 Å². The van der Waals surface area contributed by atoms with E-state index >= 15 is 0 Å². The smallest absolute Gasteiger partial charge is 0.325 e. The van der Waals surface area contributed by atoms with E-state index in [2.05, 4.69) is 24.1 Å². The van der Waals surface area contributed by atoms with Crippen LogP contribution in [0.3, 0.4) is 0 Å². The normalized spacial score (nSPS) is 21.4. The van der Waals surface area contributed by atoms with Crippen LogP contribution >= 0.6 is 11.8 Å². The third kappa shape index (κ3) is 7.19. The second-order valence-electron chi connectivity index (χ2n) is 8.25. The number of nitrogens with zero attached hydrogens (tertiary/aromatic N) is 3. The lowest BCUT2D eigenvalue weighted by Gasteiger charge is -2.36. The van der Waals surface area contributed by atoms with E-state index in [0.717, 1.165) is 36.7 Å². The number of rotatable bonds is 14. The van der Waals surface area contributed by atoms with Crippen LogP contribution in [0.1, 0.15) is 90.9 Å². The number of hydrogen-bond acceptors (Lipinski definition) is 5. The zero-order chi connectivity index (χ0) is 21.1. The van der Waals surface area contributed by atoms with Gasteiger partial charge in [0.05, 0.1) is 0 Å². The molecule has 2 aliphatic heterocycles. The van der Waals surface area contributed by atoms with Crippen molar-refractivity contribution < 1.29 is 9.59 Å². The molecule has 2 rings (SSSR count). The predicted molar refractivity (Wildman–Crippen MR) is 122 cm³/mol. The lowest BCUT2D eigenvalue weighted by molar-refractivity contribution is -0.127. The van der Waals surface area contributed by atoms with Gasteiger partial charge in [0.25, 0.3) is 5.91 Å². The molecule has 29 heavy (non-hydrogen) atoms. The van der Waals surface area contributed by atoms with Crippen LogP contribution < -0.4 is 5.32 Å². The Balaban J connectivity index is 1.77. The monoisotopic (exact) mass is 424 g/mol. The first-order valence-electron chi connectivity index (χ1n) is 11.6. The number of nitrogens with one attached hydrogen (secondary N) is 1. The fourth-order valence-electron chi connectivity index (χ4n) is 3.93. The number of hydrogen-bond donors (Lipinski definition) is 1. The standard InChI is InChI=1S/C22H40N4O2S/c1-4-6-8-9-10-11-12-13-14-15-16-26-18-19(23-22(26)29-17-7-5-2)25(3)21(28)24-20(18)27/h18-19H,4-17H2,1-3H3,(H,24,27,28). The summed E-state index contributed by atoms with van der Waals surface area (Å²) in [5.74, 6) is 0.794. The first-order chi connectivity index (χ1) is 14.1. The van der Waals surface area contributed by atoms with Crippen LogP contribution in [-0.4, -0.2) is 58.5 Å². The van der Waals surface area contributed by atoms with E-state index in [0.29, 0.717) is 0 Å². The number of likely N-dealkylation sites (N-methyl/N-ethyl adjacent to an activating group) is 1. The summed E-state index contributed by atoms with van der Waals surface area (Å²) in [7, 11) is 1.72. The molecule has 0 saturated carbocycles. The number of carbonyl (C=O) groups is 2. The minimum absolute atomic E-state index is 0.208. The molecular weight excluding hydrogens is 384 g/mol. The summed E-state index contributed by atoms with van der Waals surface area (Å²) in [6.07, 6.45) is 14.8. The molecule has 2 unspecified atom stereocenters. The number of carbonyl (C=O) groups excluding carboxylic acids is 2. The second-order valence-corrected chi connectivity index (χ2v) is 9.31. The molecule has 7 heteroatoms. The van der Waals surface area contributed by atoms with Crippen molar-refractivity contribution in [2.45, 2.75) is 103 Å². The van der Waals surface area contributed by atoms with E-state index in [1.165, 1.54) is 57.8 Å². The van der Waals surface area contributed by atoms with Gasteiger partial charge in [-0.05, 0) is 12.8 Å². The molecule has 166 valence electrons. The van der Waals surface area contributed by atoms with Gasteiger partial charge >= 0.3 is 6.03 Å². The molecule has 0 aromatic rings. The minimum Gasteiger partial charge on any atom is -0.336 e. The number of imide groups is 1. The molecule has 2 heterocycles. The van der Waals surface area contributed by atoms with Crippen LogP contribution in [0, 0.1) is 0 Å². The third-order valence-electron chi connectivity index (χ3n) is 5.80. The Morgan fingerprint density at radius 1 is 0.897 bits per heavy atom. The summed E-state index contributed by atoms with van der Waals surface area (Å²) >= 11 is 1.73. The van der Waals surface area contributed by atoms with Crippen molar-refractivity contribution in [3.63, 3.8) is 0 Å². The Morgan fingerprint density at radius 3 is 2.10 bits per heavy atom. The summed E-state index contributed by atoms with van der Waals surface area (Å²) in [5, 5.41) is 3.41. The quantitative estimate of drug-likeness (QED) is 0.399. The molecule has 0 radical (unpaired) electrons. The first-order valence-corrected chi connectivity index (χ1v) is 12.6. The van der Waals surface area contributed by atoms with Crippen molar-refractivity contribution in [2.24, 2.45) is 4.99 Å². The average molecular weight is 425 g/mol. The first kappa shape index (κ1) is 24.0. The van der Waals surface area contributed by atoms with Gasteiger partial charge in [-0.2, -0.15) is 0 Å². The van der Waals surface area contributed by atoms with Crippen LogP contribution in [0.4, 0.5) is 4.79 Å². The third-order valence-corrected chi connectivity index (χ3v) is 6.90. The Hall–Kier alpha value is -1.24. The lowest BCUT2D eigenvalue weighted by Crippen LogP contribution is -2.63. The van der Waals surface area contributed by atoms with E-state index in [9.17, 15) is 9.59 Å². The molecular formula is C22H40N4O2S. The fourth-order valence-corrected chi connectivity index (χ4v) is 5.10. The summed E-state index contributed by atoms with van der Waals surface area (Å²) in [6, 6.07) is -0.723. The highest BCUT2D eigenvalue weighted by Crippen LogP contribution is 2.29. The maximum Gasteiger partial charge on any atom is 0.325 e. The Kier molecular flexibility index (Phi) is 10.9. The van der Waals surface area contributed by atoms with Crippen molar-refractivity contribution in [1.82, 2.24) is 15.1 Å². The molecule has 2 aliphatic rings. The zero-order valence-corrected chi connectivity index (χ0v) is 19.4. The van der Waals surface area contributed by atoms with Crippen LogP contribution in [0.15, 0.2) is 4.99 Å². The highest BCUT2D eigenvalue weighted by atomic mass is 32.2. The van der Waals surface area contributed by atoms with Gasteiger partial charge in [0.15, 0.2) is 17.4 Å². The maximum absolute atomic E-state index is 12.5. The fraction of sp³-hybridized carbons (Fsp3) is 0.864. The van der Waals surface area contributed by atoms with Crippen molar-refractivity contribution in [3.05, 3.63) is 0 Å². The van der Waals surface area contributed by atoms with Gasteiger partial charge in [-0.1, -0.05) is 89.8 Å². The number of amides is 3. The van der Waals surface area contributed by atoms with Gasteiger partial charge in [0.1, 0.15) is 0 Å². The molecule has 6 nitrogen and oxygen atoms in total. The Labute approximate surface area is 181 Å². The zero-order valence-electron chi connectivity index (χ0n) is 18.6. The Bertz CT molecular complexity index is 555. The van der Waals surface area contributed by atoms with Crippen molar-refractivity contribution >= 4 is 28.9 Å². The lowest BCUT2D eigenvalue weighted by atomic mass is 10.1. The summed E-state index contributed by atoms with van der Waals surface area (Å²) in [4.78, 5) is 32.9. The topological polar surface area (TPSA) is 65.0 Å². The largest absolute Gasteiger partial charge is 0.336 e. The van der Waals surface area contributed by atoms with Crippen LogP contribution in [-0.2, 0) is 4.79 Å². The summed E-state index contributed by atoms with van der Waals surface area (Å²) in [5.41, 5.74) is 0. The van der Waals surface area contributed by atoms with Gasteiger partial charge in [-0.3, -0.25) is 10.1 Å². The van der Waals surface area contributed by atoms with Crippen LogP contribution in [0.2, 0.25) is 0 Å². The highest BCUT2D eigenvalue weighted by molar-refractivity contribution is 8.13. The Morgan fingerprint density at radius 2 is 1.48 bits per heavy atom. The van der Waals surface area contributed by atoms with Gasteiger partial charge in [0.2, 0.25) is 0 Å². The average Bonchev–Trinajstić information content (AvgIpc) is 3.07. The molecule has 1 N–H and O–H groups in total. The molecule has 0 spiro atoms. The number of fused-ring (bicyclic) bond motifs is 1. The molecule has 0 aromatic carbocycles. The predicted octanol–water partition coefficient (Wildman–Crippen LogP) is 4.99. The van der Waals surface area contributed by atoms with Gasteiger partial charge in [-0.15, -0.1) is 0 Å². The SMILES string of the molecule is CCCCCCCCCCCCN1C(SCCCC)=NC2C1C(=O)NC(=O)N2C. The highest BCUT2D eigenvalue weighted by Gasteiger charge is 2.48. The maximum atomic E-state index is 12.5. The van der Waals surface area contributed by atoms with Crippen LogP contribution in [0.25, 0.3) is 0 Å². The number of unbranched alkanes of at least 4 members (excludes halogenated alkanes) is 10. The number of aliphatic imine (C=N–C) groups is 1. The van der Waals surface area contributed by atoms with E-state index in [-0.39, 0.29) is 24.1 Å². The minimum atomic E-state index is -0.386. The van der Waals surface area contributed by atoms with E-state index < -0.39 is 0 Å². The molecule has 0 bridgehead atoms. The number of thioether (sulfide) groups is 1. The number of urea groups is 1. The van der Waals surface area contributed by atoms with Crippen molar-refractivity contribution in [1.29, 1.82) is 0 Å². The summed E-state index contributed by atoms with van der Waals surface area (Å²) in [6.45, 7) is 5.27. The van der Waals surface area contributed by atoms with E-state index in [1.54, 1.807) is 23.7 Å². The number of amidine groups is 1. The molecule has 0 aromatic heterocycles. The van der Waals surface area contributed by atoms with E-state index in [1.807, 2.05) is 0 Å². The van der Waals surface area contributed by atoms with Crippen molar-refractivity contribution in [3.8, 4) is 0 Å². The summed E-state index contributed by atoms with van der Waals surface area (Å²) < 4.78 is 0. The van der Waals surface area contributed by atoms with Gasteiger partial charge in [-0.25, -0.2) is 9.79 Å². The van der Waals surface area contributed by atoms with Crippen LogP contribution in [0.5, 0.6) is 0 Å².